The Labute approximate surface area is 168 Å². The lowest BCUT2D eigenvalue weighted by molar-refractivity contribution is -0.131. The van der Waals surface area contributed by atoms with Crippen LogP contribution in [0, 0.1) is 11.6 Å². The molecule has 0 bridgehead atoms. The van der Waals surface area contributed by atoms with Crippen molar-refractivity contribution in [1.82, 2.24) is 14.9 Å². The van der Waals surface area contributed by atoms with Crippen LogP contribution < -0.4 is 0 Å². The molecule has 2 heterocycles. The molecule has 3 aromatic rings. The number of rotatable bonds is 4. The lowest BCUT2D eigenvalue weighted by Gasteiger charge is -2.32. The van der Waals surface area contributed by atoms with Crippen LogP contribution in [0.2, 0.25) is 0 Å². The number of aromatic nitrogens is 2. The quantitative estimate of drug-likeness (QED) is 0.661. The van der Waals surface area contributed by atoms with E-state index in [1.165, 1.54) is 24.3 Å². The van der Waals surface area contributed by atoms with Crippen LogP contribution in [0.3, 0.4) is 0 Å². The molecule has 1 fully saturated rings. The molecule has 0 saturated carbocycles. The molecule has 0 N–H and O–H groups in total. The first-order chi connectivity index (χ1) is 14.1. The van der Waals surface area contributed by atoms with Gasteiger partial charge in [-0.05, 0) is 48.7 Å². The summed E-state index contributed by atoms with van der Waals surface area (Å²) < 4.78 is 26.9. The highest BCUT2D eigenvalue weighted by Crippen LogP contribution is 2.27. The fraction of sp³-hybridized carbons (Fsp3) is 0.261. The van der Waals surface area contributed by atoms with Gasteiger partial charge in [0.15, 0.2) is 5.82 Å². The molecule has 6 heteroatoms. The number of hydrogen-bond acceptors (Lipinski definition) is 3. The van der Waals surface area contributed by atoms with Gasteiger partial charge in [0.2, 0.25) is 5.91 Å². The van der Waals surface area contributed by atoms with Crippen molar-refractivity contribution >= 4 is 5.91 Å². The average Bonchev–Trinajstić information content (AvgIpc) is 2.74. The van der Waals surface area contributed by atoms with Crippen molar-refractivity contribution in [3.63, 3.8) is 0 Å². The van der Waals surface area contributed by atoms with Gasteiger partial charge in [-0.3, -0.25) is 4.79 Å². The predicted octanol–water partition coefficient (Wildman–Crippen LogP) is 4.37. The molecule has 4 nitrogen and oxygen atoms in total. The number of piperidine rings is 1. The second-order valence-electron chi connectivity index (χ2n) is 7.30. The zero-order valence-corrected chi connectivity index (χ0v) is 15.9. The Hall–Kier alpha value is -3.15. The molecule has 1 saturated heterocycles. The summed E-state index contributed by atoms with van der Waals surface area (Å²) in [5.74, 6) is -0.110. The molecule has 1 aromatic heterocycles. The fourth-order valence-electron chi connectivity index (χ4n) is 3.75. The summed E-state index contributed by atoms with van der Waals surface area (Å²) in [5, 5.41) is 0. The lowest BCUT2D eigenvalue weighted by Crippen LogP contribution is -2.40. The van der Waals surface area contributed by atoms with E-state index >= 15 is 0 Å². The molecular weight excluding hydrogens is 372 g/mol. The number of nitrogens with zero attached hydrogens (tertiary/aromatic N) is 3. The molecule has 0 radical (unpaired) electrons. The monoisotopic (exact) mass is 393 g/mol. The van der Waals surface area contributed by atoms with Gasteiger partial charge in [-0.1, -0.05) is 24.3 Å². The summed E-state index contributed by atoms with van der Waals surface area (Å²) in [6.45, 7) is 1.25. The maximum Gasteiger partial charge on any atom is 0.227 e. The standard InChI is InChI=1S/C23H21F2N3O/c24-19-7-1-4-16(12-19)13-22(29)28-11-3-6-18(15-28)21-9-10-26-23(27-21)17-5-2-8-20(25)14-17/h1-2,4-5,7-10,12,14,18H,3,6,11,13,15H2/t18-/m1/s1. The molecule has 1 aliphatic rings. The Balaban J connectivity index is 1.48. The smallest absolute Gasteiger partial charge is 0.227 e. The van der Waals surface area contributed by atoms with Crippen LogP contribution in [0.15, 0.2) is 60.8 Å². The highest BCUT2D eigenvalue weighted by atomic mass is 19.1. The van der Waals surface area contributed by atoms with Crippen molar-refractivity contribution in [2.45, 2.75) is 25.2 Å². The largest absolute Gasteiger partial charge is 0.342 e. The van der Waals surface area contributed by atoms with Crippen molar-refractivity contribution in [2.24, 2.45) is 0 Å². The van der Waals surface area contributed by atoms with Crippen molar-refractivity contribution < 1.29 is 13.6 Å². The van der Waals surface area contributed by atoms with Gasteiger partial charge >= 0.3 is 0 Å². The molecule has 148 valence electrons. The zero-order valence-electron chi connectivity index (χ0n) is 15.9. The average molecular weight is 393 g/mol. The highest BCUT2D eigenvalue weighted by molar-refractivity contribution is 5.79. The van der Waals surface area contributed by atoms with Crippen molar-refractivity contribution in [2.75, 3.05) is 13.1 Å². The molecule has 1 aliphatic heterocycles. The van der Waals surface area contributed by atoms with Gasteiger partial charge < -0.3 is 4.90 Å². The molecule has 29 heavy (non-hydrogen) atoms. The van der Waals surface area contributed by atoms with Crippen molar-refractivity contribution in [3.05, 3.63) is 83.7 Å². The van der Waals surface area contributed by atoms with Gasteiger partial charge in [-0.25, -0.2) is 18.7 Å². The normalized spacial score (nSPS) is 16.6. The molecule has 1 amide bonds. The van der Waals surface area contributed by atoms with E-state index in [1.807, 2.05) is 11.0 Å². The van der Waals surface area contributed by atoms with E-state index in [-0.39, 0.29) is 29.9 Å². The zero-order chi connectivity index (χ0) is 20.2. The first-order valence-corrected chi connectivity index (χ1v) is 9.69. The van der Waals surface area contributed by atoms with E-state index in [2.05, 4.69) is 9.97 Å². The van der Waals surface area contributed by atoms with Crippen molar-refractivity contribution in [1.29, 1.82) is 0 Å². The second kappa shape index (κ2) is 8.47. The number of halogens is 2. The molecule has 0 unspecified atom stereocenters. The summed E-state index contributed by atoms with van der Waals surface area (Å²) in [7, 11) is 0. The number of amides is 1. The number of hydrogen-bond donors (Lipinski definition) is 0. The minimum atomic E-state index is -0.335. The van der Waals surface area contributed by atoms with E-state index in [9.17, 15) is 13.6 Å². The highest BCUT2D eigenvalue weighted by Gasteiger charge is 2.26. The second-order valence-corrected chi connectivity index (χ2v) is 7.30. The summed E-state index contributed by atoms with van der Waals surface area (Å²) in [4.78, 5) is 23.4. The molecule has 2 aromatic carbocycles. The number of likely N-dealkylation sites (tertiary alicyclic amines) is 1. The minimum absolute atomic E-state index is 0.0142. The third kappa shape index (κ3) is 4.65. The molecular formula is C23H21F2N3O. The van der Waals surface area contributed by atoms with Crippen molar-refractivity contribution in [3.8, 4) is 11.4 Å². The first-order valence-electron chi connectivity index (χ1n) is 9.69. The Morgan fingerprint density at radius 3 is 2.66 bits per heavy atom. The summed E-state index contributed by atoms with van der Waals surface area (Å²) in [6, 6.07) is 14.2. The Bertz CT molecular complexity index is 1020. The van der Waals surface area contributed by atoms with Crippen LogP contribution >= 0.6 is 0 Å². The summed E-state index contributed by atoms with van der Waals surface area (Å²) in [6.07, 6.45) is 3.65. The topological polar surface area (TPSA) is 46.1 Å². The van der Waals surface area contributed by atoms with E-state index in [0.717, 1.165) is 18.5 Å². The number of carbonyl (C=O) groups is 1. The maximum absolute atomic E-state index is 13.5. The third-order valence-electron chi connectivity index (χ3n) is 5.20. The van der Waals surface area contributed by atoms with Gasteiger partial charge in [-0.2, -0.15) is 0 Å². The molecule has 1 atom stereocenters. The number of benzene rings is 2. The molecule has 0 aliphatic carbocycles. The van der Waals surface area contributed by atoms with Gasteiger partial charge in [0.1, 0.15) is 11.6 Å². The van der Waals surface area contributed by atoms with Crippen LogP contribution in [-0.4, -0.2) is 33.9 Å². The van der Waals surface area contributed by atoms with Crippen LogP contribution in [0.4, 0.5) is 8.78 Å². The minimum Gasteiger partial charge on any atom is -0.342 e. The number of carbonyl (C=O) groups excluding carboxylic acids is 1. The van der Waals surface area contributed by atoms with Crippen LogP contribution in [-0.2, 0) is 11.2 Å². The van der Waals surface area contributed by atoms with Gasteiger partial charge in [-0.15, -0.1) is 0 Å². The van der Waals surface area contributed by atoms with E-state index in [0.29, 0.717) is 30.0 Å². The predicted molar refractivity (Wildman–Crippen MR) is 106 cm³/mol. The Kier molecular flexibility index (Phi) is 5.60. The molecule has 0 spiro atoms. The first kappa shape index (κ1) is 19.2. The third-order valence-corrected chi connectivity index (χ3v) is 5.20. The SMILES string of the molecule is O=C(Cc1cccc(F)c1)N1CCC[C@@H](c2ccnc(-c3cccc(F)c3)n2)C1. The van der Waals surface area contributed by atoms with Gasteiger partial charge in [0.05, 0.1) is 6.42 Å². The summed E-state index contributed by atoms with van der Waals surface area (Å²) in [5.41, 5.74) is 2.15. The maximum atomic E-state index is 13.5. The van der Waals surface area contributed by atoms with E-state index in [4.69, 9.17) is 0 Å². The van der Waals surface area contributed by atoms with Crippen LogP contribution in [0.1, 0.15) is 30.0 Å². The Morgan fingerprint density at radius 1 is 1.07 bits per heavy atom. The van der Waals surface area contributed by atoms with E-state index < -0.39 is 0 Å². The fourth-order valence-corrected chi connectivity index (χ4v) is 3.75. The lowest BCUT2D eigenvalue weighted by atomic mass is 9.94. The summed E-state index contributed by atoms with van der Waals surface area (Å²) >= 11 is 0. The Morgan fingerprint density at radius 2 is 1.86 bits per heavy atom. The van der Waals surface area contributed by atoms with Gasteiger partial charge in [0, 0.05) is 36.5 Å². The van der Waals surface area contributed by atoms with Crippen LogP contribution in [0.25, 0.3) is 11.4 Å². The van der Waals surface area contributed by atoms with Gasteiger partial charge in [0.25, 0.3) is 0 Å². The molecule has 4 rings (SSSR count). The van der Waals surface area contributed by atoms with Crippen LogP contribution in [0.5, 0.6) is 0 Å². The van der Waals surface area contributed by atoms with E-state index in [1.54, 1.807) is 30.5 Å².